The zero-order valence-electron chi connectivity index (χ0n) is 12.8. The predicted molar refractivity (Wildman–Crippen MR) is 82.4 cm³/mol. The third-order valence-electron chi connectivity index (χ3n) is 3.43. The summed E-state index contributed by atoms with van der Waals surface area (Å²) >= 11 is 0. The van der Waals surface area contributed by atoms with Gasteiger partial charge >= 0.3 is 11.7 Å². The van der Waals surface area contributed by atoms with Crippen LogP contribution in [0.5, 0.6) is 0 Å². The van der Waals surface area contributed by atoms with Gasteiger partial charge < -0.3 is 18.9 Å². The van der Waals surface area contributed by atoms with E-state index in [1.54, 1.807) is 12.1 Å². The second-order valence-corrected chi connectivity index (χ2v) is 4.98. The van der Waals surface area contributed by atoms with Crippen LogP contribution in [-0.2, 0) is 22.6 Å². The standard InChI is InChI=1S/C16H14N2O6/c1-22-15(20)10-4-5-12-13(7-10)24-16(21)18(12)9-14(19)17-8-11-3-2-6-23-11/h2-7H,8-9H2,1H3,(H,17,19). The SMILES string of the molecule is COC(=O)c1ccc2c(c1)oc(=O)n2CC(=O)NCc1ccco1. The molecule has 8 nitrogen and oxygen atoms in total. The Hall–Kier alpha value is -3.29. The number of ether oxygens (including phenoxy) is 1. The number of hydrogen-bond donors (Lipinski definition) is 1. The van der Waals surface area contributed by atoms with E-state index in [0.717, 1.165) is 0 Å². The van der Waals surface area contributed by atoms with E-state index in [1.165, 1.54) is 36.1 Å². The molecular weight excluding hydrogens is 316 g/mol. The van der Waals surface area contributed by atoms with Gasteiger partial charge in [0, 0.05) is 0 Å². The van der Waals surface area contributed by atoms with Gasteiger partial charge in [-0.25, -0.2) is 9.59 Å². The third-order valence-corrected chi connectivity index (χ3v) is 3.43. The van der Waals surface area contributed by atoms with Crippen LogP contribution in [0.15, 0.2) is 50.2 Å². The Morgan fingerprint density at radius 2 is 2.12 bits per heavy atom. The average Bonchev–Trinajstić information content (AvgIpc) is 3.20. The monoisotopic (exact) mass is 330 g/mol. The first kappa shape index (κ1) is 15.6. The molecule has 0 aliphatic rings. The average molecular weight is 330 g/mol. The summed E-state index contributed by atoms with van der Waals surface area (Å²) in [4.78, 5) is 35.4. The van der Waals surface area contributed by atoms with E-state index >= 15 is 0 Å². The molecule has 124 valence electrons. The van der Waals surface area contributed by atoms with Gasteiger partial charge in [0.2, 0.25) is 5.91 Å². The molecule has 0 saturated carbocycles. The van der Waals surface area contributed by atoms with Crippen molar-refractivity contribution in [1.29, 1.82) is 0 Å². The van der Waals surface area contributed by atoms with E-state index in [-0.39, 0.29) is 30.1 Å². The van der Waals surface area contributed by atoms with Crippen molar-refractivity contribution >= 4 is 23.0 Å². The summed E-state index contributed by atoms with van der Waals surface area (Å²) in [5.41, 5.74) is 0.885. The van der Waals surface area contributed by atoms with Crippen molar-refractivity contribution < 1.29 is 23.2 Å². The van der Waals surface area contributed by atoms with E-state index in [0.29, 0.717) is 11.3 Å². The fourth-order valence-electron chi connectivity index (χ4n) is 2.26. The number of amides is 1. The number of rotatable bonds is 5. The number of aromatic nitrogens is 1. The highest BCUT2D eigenvalue weighted by Crippen LogP contribution is 2.15. The maximum absolute atomic E-state index is 12.0. The van der Waals surface area contributed by atoms with Crippen molar-refractivity contribution in [2.45, 2.75) is 13.1 Å². The molecule has 8 heteroatoms. The van der Waals surface area contributed by atoms with Crippen LogP contribution in [0.1, 0.15) is 16.1 Å². The highest BCUT2D eigenvalue weighted by molar-refractivity contribution is 5.93. The molecule has 3 rings (SSSR count). The topological polar surface area (TPSA) is 104 Å². The number of carbonyl (C=O) groups excluding carboxylic acids is 2. The minimum Gasteiger partial charge on any atom is -0.467 e. The second kappa shape index (κ2) is 6.45. The van der Waals surface area contributed by atoms with E-state index in [9.17, 15) is 14.4 Å². The minimum atomic E-state index is -0.680. The lowest BCUT2D eigenvalue weighted by Crippen LogP contribution is -2.30. The number of benzene rings is 1. The van der Waals surface area contributed by atoms with E-state index in [2.05, 4.69) is 10.1 Å². The van der Waals surface area contributed by atoms with Gasteiger partial charge in [0.1, 0.15) is 12.3 Å². The molecule has 0 aliphatic heterocycles. The highest BCUT2D eigenvalue weighted by Gasteiger charge is 2.15. The van der Waals surface area contributed by atoms with Gasteiger partial charge in [0.05, 0.1) is 31.0 Å². The molecule has 0 radical (unpaired) electrons. The van der Waals surface area contributed by atoms with E-state index < -0.39 is 11.7 Å². The lowest BCUT2D eigenvalue weighted by atomic mass is 10.2. The largest absolute Gasteiger partial charge is 0.467 e. The number of hydrogen-bond acceptors (Lipinski definition) is 6. The minimum absolute atomic E-state index is 0.204. The van der Waals surface area contributed by atoms with Crippen molar-refractivity contribution in [3.63, 3.8) is 0 Å². The zero-order valence-corrected chi connectivity index (χ0v) is 12.8. The number of nitrogens with zero attached hydrogens (tertiary/aromatic N) is 1. The molecule has 24 heavy (non-hydrogen) atoms. The van der Waals surface area contributed by atoms with Gasteiger partial charge in [-0.2, -0.15) is 0 Å². The molecule has 0 aliphatic carbocycles. The van der Waals surface area contributed by atoms with Crippen LogP contribution in [0, 0.1) is 0 Å². The van der Waals surface area contributed by atoms with Crippen LogP contribution in [-0.4, -0.2) is 23.6 Å². The summed E-state index contributed by atoms with van der Waals surface area (Å²) < 4.78 is 16.0. The molecule has 0 fully saturated rings. The molecule has 0 bridgehead atoms. The van der Waals surface area contributed by atoms with Crippen LogP contribution in [0.2, 0.25) is 0 Å². The molecule has 1 aromatic carbocycles. The van der Waals surface area contributed by atoms with Crippen molar-refractivity contribution in [3.8, 4) is 0 Å². The summed E-state index contributed by atoms with van der Waals surface area (Å²) in [7, 11) is 1.26. The van der Waals surface area contributed by atoms with Gasteiger partial charge in [-0.15, -0.1) is 0 Å². The molecule has 0 saturated heterocycles. The Labute approximate surface area is 135 Å². The Kier molecular flexibility index (Phi) is 4.19. The first-order chi connectivity index (χ1) is 11.6. The first-order valence-electron chi connectivity index (χ1n) is 7.09. The number of carbonyl (C=O) groups is 2. The predicted octanol–water partition coefficient (Wildman–Crippen LogP) is 1.29. The Balaban J connectivity index is 1.79. The molecule has 3 aromatic rings. The highest BCUT2D eigenvalue weighted by atomic mass is 16.5. The molecule has 2 heterocycles. The summed E-state index contributed by atoms with van der Waals surface area (Å²) in [5.74, 6) is -0.979. The van der Waals surface area contributed by atoms with Gasteiger partial charge in [0.15, 0.2) is 5.58 Å². The summed E-state index contributed by atoms with van der Waals surface area (Å²) in [6, 6.07) is 7.88. The molecule has 0 unspecified atom stereocenters. The van der Waals surface area contributed by atoms with Crippen LogP contribution in [0.3, 0.4) is 0 Å². The van der Waals surface area contributed by atoms with Crippen LogP contribution < -0.4 is 11.1 Å². The third kappa shape index (κ3) is 3.07. The van der Waals surface area contributed by atoms with Crippen LogP contribution in [0.25, 0.3) is 11.1 Å². The Morgan fingerprint density at radius 3 is 2.83 bits per heavy atom. The maximum atomic E-state index is 12.0. The summed E-state index contributed by atoms with van der Waals surface area (Å²) in [5, 5.41) is 2.65. The number of fused-ring (bicyclic) bond motifs is 1. The number of nitrogens with one attached hydrogen (secondary N) is 1. The molecule has 0 atom stereocenters. The van der Waals surface area contributed by atoms with Crippen molar-refractivity contribution in [3.05, 3.63) is 58.5 Å². The number of esters is 1. The number of furan rings is 1. The molecule has 0 spiro atoms. The maximum Gasteiger partial charge on any atom is 0.420 e. The Bertz CT molecular complexity index is 935. The zero-order chi connectivity index (χ0) is 17.1. The van der Waals surface area contributed by atoms with Gasteiger partial charge in [0.25, 0.3) is 0 Å². The van der Waals surface area contributed by atoms with Crippen LogP contribution >= 0.6 is 0 Å². The first-order valence-corrected chi connectivity index (χ1v) is 7.09. The van der Waals surface area contributed by atoms with Crippen LogP contribution in [0.4, 0.5) is 0 Å². The van der Waals surface area contributed by atoms with Gasteiger partial charge in [-0.3, -0.25) is 9.36 Å². The van der Waals surface area contributed by atoms with Crippen molar-refractivity contribution in [1.82, 2.24) is 9.88 Å². The molecular formula is C16H14N2O6. The van der Waals surface area contributed by atoms with Gasteiger partial charge in [-0.05, 0) is 30.3 Å². The quantitative estimate of drug-likeness (QED) is 0.707. The summed E-state index contributed by atoms with van der Waals surface area (Å²) in [6.45, 7) is 0.0208. The lowest BCUT2D eigenvalue weighted by molar-refractivity contribution is -0.121. The normalized spacial score (nSPS) is 10.7. The molecule has 1 amide bonds. The van der Waals surface area contributed by atoms with Crippen molar-refractivity contribution in [2.75, 3.05) is 7.11 Å². The van der Waals surface area contributed by atoms with Crippen molar-refractivity contribution in [2.24, 2.45) is 0 Å². The fraction of sp³-hybridized carbons (Fsp3) is 0.188. The summed E-state index contributed by atoms with van der Waals surface area (Å²) in [6.07, 6.45) is 1.51. The van der Waals surface area contributed by atoms with Gasteiger partial charge in [-0.1, -0.05) is 0 Å². The van der Waals surface area contributed by atoms with E-state index in [4.69, 9.17) is 8.83 Å². The smallest absolute Gasteiger partial charge is 0.420 e. The number of methoxy groups -OCH3 is 1. The number of oxazole rings is 1. The van der Waals surface area contributed by atoms with E-state index in [1.807, 2.05) is 0 Å². The Morgan fingerprint density at radius 1 is 1.29 bits per heavy atom. The fourth-order valence-corrected chi connectivity index (χ4v) is 2.26. The lowest BCUT2D eigenvalue weighted by Gasteiger charge is -2.04. The second-order valence-electron chi connectivity index (χ2n) is 4.98. The molecule has 2 aromatic heterocycles. The molecule has 1 N–H and O–H groups in total.